The van der Waals surface area contributed by atoms with Crippen molar-refractivity contribution >= 4 is 0 Å². The van der Waals surface area contributed by atoms with Crippen LogP contribution >= 0.6 is 0 Å². The summed E-state index contributed by atoms with van der Waals surface area (Å²) in [6, 6.07) is 0. The number of rotatable bonds is 0. The smallest absolute Gasteiger partial charge is 0.171 e. The van der Waals surface area contributed by atoms with Crippen molar-refractivity contribution in [1.82, 2.24) is 0 Å². The Balaban J connectivity index is 1.35. The topological polar surface area (TPSA) is 51.2 Å². The van der Waals surface area contributed by atoms with Gasteiger partial charge in [0.2, 0.25) is 0 Å². The molecular weight excluding hydrogens is 316 g/mol. The molecule has 25 heavy (non-hydrogen) atoms. The average Bonchev–Trinajstić information content (AvgIpc) is 2.94. The molecule has 4 nitrogen and oxygen atoms in total. The molecule has 6 fully saturated rings. The second-order valence-electron chi connectivity index (χ2n) is 10.4. The summed E-state index contributed by atoms with van der Waals surface area (Å²) in [7, 11) is 0. The number of hydrogen-bond donors (Lipinski definition) is 1. The fraction of sp³-hybridized carbons (Fsp3) is 1.00. The van der Waals surface area contributed by atoms with E-state index in [-0.39, 0.29) is 28.3 Å². The predicted molar refractivity (Wildman–Crippen MR) is 91.9 cm³/mol. The molecule has 0 aromatic carbocycles. The lowest BCUT2D eigenvalue weighted by Crippen LogP contribution is -2.61. The third kappa shape index (κ3) is 1.74. The van der Waals surface area contributed by atoms with Crippen LogP contribution in [0.25, 0.3) is 0 Å². The van der Waals surface area contributed by atoms with E-state index < -0.39 is 0 Å². The summed E-state index contributed by atoms with van der Waals surface area (Å²) in [5.74, 6) is 1.82. The van der Waals surface area contributed by atoms with E-state index in [4.69, 9.17) is 14.2 Å². The van der Waals surface area contributed by atoms with Gasteiger partial charge in [-0.2, -0.15) is 0 Å². The zero-order valence-corrected chi connectivity index (χ0v) is 15.6. The van der Waals surface area contributed by atoms with Gasteiger partial charge in [-0.05, 0) is 61.7 Å². The highest BCUT2D eigenvalue weighted by Crippen LogP contribution is 2.74. The maximum Gasteiger partial charge on any atom is 0.171 e. The second-order valence-corrected chi connectivity index (χ2v) is 10.4. The molecule has 2 heterocycles. The monoisotopic (exact) mass is 348 g/mol. The molecule has 0 amide bonds. The molecule has 4 aliphatic carbocycles. The maximum atomic E-state index is 10.6. The third-order valence-electron chi connectivity index (χ3n) is 9.84. The molecule has 2 aliphatic heterocycles. The molecule has 1 N–H and O–H groups in total. The number of aliphatic hydroxyl groups excluding tert-OH is 1. The summed E-state index contributed by atoms with van der Waals surface area (Å²) in [5.41, 5.74) is 0.414. The molecule has 140 valence electrons. The molecule has 6 rings (SSSR count). The molecular formula is C21H32O4. The fourth-order valence-electron chi connectivity index (χ4n) is 8.34. The largest absolute Gasteiger partial charge is 0.393 e. The van der Waals surface area contributed by atoms with E-state index in [2.05, 4.69) is 13.8 Å². The van der Waals surface area contributed by atoms with Gasteiger partial charge in [0, 0.05) is 18.3 Å². The minimum atomic E-state index is -0.353. The lowest BCUT2D eigenvalue weighted by Gasteiger charge is -2.59. The van der Waals surface area contributed by atoms with Gasteiger partial charge in [-0.1, -0.05) is 13.8 Å². The van der Waals surface area contributed by atoms with Crippen LogP contribution in [0.3, 0.4) is 0 Å². The van der Waals surface area contributed by atoms with Gasteiger partial charge in [-0.25, -0.2) is 0 Å². The van der Waals surface area contributed by atoms with Crippen molar-refractivity contribution in [3.8, 4) is 0 Å². The van der Waals surface area contributed by atoms with Crippen LogP contribution in [0.1, 0.15) is 65.2 Å². The zero-order chi connectivity index (χ0) is 17.1. The first-order valence-electron chi connectivity index (χ1n) is 10.6. The molecule has 0 aromatic rings. The van der Waals surface area contributed by atoms with Crippen LogP contribution < -0.4 is 0 Å². The normalized spacial score (nSPS) is 61.3. The Morgan fingerprint density at radius 1 is 0.920 bits per heavy atom. The first-order valence-corrected chi connectivity index (χ1v) is 10.6. The van der Waals surface area contributed by atoms with E-state index in [1.807, 2.05) is 0 Å². The Hall–Kier alpha value is -0.160. The fourth-order valence-corrected chi connectivity index (χ4v) is 8.34. The van der Waals surface area contributed by atoms with Crippen molar-refractivity contribution in [3.05, 3.63) is 0 Å². The van der Waals surface area contributed by atoms with E-state index in [9.17, 15) is 5.11 Å². The summed E-state index contributed by atoms with van der Waals surface area (Å²) in [6.07, 6.45) is 9.29. The molecule has 0 bridgehead atoms. The van der Waals surface area contributed by atoms with E-state index in [1.54, 1.807) is 0 Å². The molecule has 8 atom stereocenters. The van der Waals surface area contributed by atoms with E-state index >= 15 is 0 Å². The first kappa shape index (κ1) is 15.9. The Morgan fingerprint density at radius 2 is 1.72 bits per heavy atom. The molecule has 4 saturated carbocycles. The standard InChI is InChI=1S/C21H32O4/c1-18-6-5-15-13(14(18)3-4-16(18)22)11-17-21(25-17)12-20(23-9-10-24-20)8-7-19(15,21)2/h13-17,22H,3-12H2,1-2H3/t13?,14?,15?,16-,17+,18-,19+,21+/m0/s1. The molecule has 2 spiro atoms. The quantitative estimate of drug-likeness (QED) is 0.683. The molecule has 4 heteroatoms. The van der Waals surface area contributed by atoms with Crippen LogP contribution in [0.4, 0.5) is 0 Å². The highest BCUT2D eigenvalue weighted by atomic mass is 16.7. The van der Waals surface area contributed by atoms with Gasteiger partial charge in [-0.3, -0.25) is 0 Å². The molecule has 2 saturated heterocycles. The summed E-state index contributed by atoms with van der Waals surface area (Å²) in [4.78, 5) is 0. The summed E-state index contributed by atoms with van der Waals surface area (Å²) >= 11 is 0. The summed E-state index contributed by atoms with van der Waals surface area (Å²) in [5, 5.41) is 10.6. The van der Waals surface area contributed by atoms with Crippen molar-refractivity contribution in [2.75, 3.05) is 13.2 Å². The van der Waals surface area contributed by atoms with Gasteiger partial charge in [0.1, 0.15) is 5.60 Å². The highest BCUT2D eigenvalue weighted by Gasteiger charge is 2.78. The Kier molecular flexibility index (Phi) is 2.93. The van der Waals surface area contributed by atoms with Gasteiger partial charge in [0.05, 0.1) is 25.4 Å². The van der Waals surface area contributed by atoms with Crippen molar-refractivity contribution in [1.29, 1.82) is 0 Å². The van der Waals surface area contributed by atoms with Gasteiger partial charge in [0.25, 0.3) is 0 Å². The minimum Gasteiger partial charge on any atom is -0.393 e. The first-order chi connectivity index (χ1) is 11.9. The van der Waals surface area contributed by atoms with Gasteiger partial charge < -0.3 is 19.3 Å². The van der Waals surface area contributed by atoms with Crippen LogP contribution in [-0.2, 0) is 14.2 Å². The number of aliphatic hydroxyl groups is 1. The highest BCUT2D eigenvalue weighted by molar-refractivity contribution is 5.25. The SMILES string of the molecule is C[C@]12CCC3C(C[C@H]4O[C@]45CC4(CC[C@]35C)OCCO4)C1CC[C@@H]2O. The number of epoxide rings is 1. The van der Waals surface area contributed by atoms with Crippen LogP contribution in [0, 0.1) is 28.6 Å². The van der Waals surface area contributed by atoms with E-state index in [0.717, 1.165) is 50.7 Å². The van der Waals surface area contributed by atoms with Crippen molar-refractivity contribution in [3.63, 3.8) is 0 Å². The summed E-state index contributed by atoms with van der Waals surface area (Å²) in [6.45, 7) is 6.35. The summed E-state index contributed by atoms with van der Waals surface area (Å²) < 4.78 is 18.7. The average molecular weight is 348 g/mol. The Bertz CT molecular complexity index is 601. The van der Waals surface area contributed by atoms with E-state index in [1.165, 1.54) is 25.7 Å². The van der Waals surface area contributed by atoms with Crippen LogP contribution in [0.5, 0.6) is 0 Å². The molecule has 3 unspecified atom stereocenters. The van der Waals surface area contributed by atoms with Crippen molar-refractivity contribution in [2.24, 2.45) is 28.6 Å². The number of ether oxygens (including phenoxy) is 3. The Morgan fingerprint density at radius 3 is 2.52 bits per heavy atom. The maximum absolute atomic E-state index is 10.6. The number of hydrogen-bond acceptors (Lipinski definition) is 4. The van der Waals surface area contributed by atoms with Crippen LogP contribution in [-0.4, -0.2) is 41.9 Å². The van der Waals surface area contributed by atoms with E-state index in [0.29, 0.717) is 12.0 Å². The molecule has 6 aliphatic rings. The third-order valence-corrected chi connectivity index (χ3v) is 9.84. The lowest BCUT2D eigenvalue weighted by molar-refractivity contribution is -0.227. The van der Waals surface area contributed by atoms with Gasteiger partial charge in [-0.15, -0.1) is 0 Å². The van der Waals surface area contributed by atoms with Crippen molar-refractivity contribution in [2.45, 2.75) is 88.8 Å². The Labute approximate surface area is 150 Å². The zero-order valence-electron chi connectivity index (χ0n) is 15.6. The molecule has 0 aromatic heterocycles. The van der Waals surface area contributed by atoms with Crippen LogP contribution in [0.15, 0.2) is 0 Å². The second kappa shape index (κ2) is 4.63. The molecule has 0 radical (unpaired) electrons. The van der Waals surface area contributed by atoms with Crippen molar-refractivity contribution < 1.29 is 19.3 Å². The van der Waals surface area contributed by atoms with Crippen LogP contribution in [0.2, 0.25) is 0 Å². The minimum absolute atomic E-state index is 0.00170. The predicted octanol–water partition coefficient (Wildman–Crippen LogP) is 3.26. The number of fused-ring (bicyclic) bond motifs is 4. The van der Waals surface area contributed by atoms with Gasteiger partial charge >= 0.3 is 0 Å². The van der Waals surface area contributed by atoms with Gasteiger partial charge in [0.15, 0.2) is 5.79 Å². The lowest BCUT2D eigenvalue weighted by atomic mass is 9.44.